The zero-order chi connectivity index (χ0) is 8.70. The standard InChI is InChI=1S/C7H15NO2Si/c1-11(2)4-3-7(8,5-11)6(9)10/h3-5,8H2,1-2H3,(H,9,10). The van der Waals surface area contributed by atoms with Crippen LogP contribution in [0, 0.1) is 0 Å². The van der Waals surface area contributed by atoms with Crippen molar-refractivity contribution in [3.8, 4) is 0 Å². The van der Waals surface area contributed by atoms with Gasteiger partial charge in [-0.25, -0.2) is 0 Å². The van der Waals surface area contributed by atoms with Crippen LogP contribution in [-0.4, -0.2) is 24.7 Å². The van der Waals surface area contributed by atoms with Crippen LogP contribution in [0.2, 0.25) is 25.2 Å². The number of aliphatic carboxylic acids is 1. The number of rotatable bonds is 1. The van der Waals surface area contributed by atoms with Crippen molar-refractivity contribution in [3.63, 3.8) is 0 Å². The van der Waals surface area contributed by atoms with Gasteiger partial charge in [0.15, 0.2) is 0 Å². The topological polar surface area (TPSA) is 63.3 Å². The van der Waals surface area contributed by atoms with Gasteiger partial charge in [-0.15, -0.1) is 0 Å². The van der Waals surface area contributed by atoms with E-state index in [1.165, 1.54) is 0 Å². The average Bonchev–Trinajstić information content (AvgIpc) is 2.08. The van der Waals surface area contributed by atoms with Crippen LogP contribution in [0.3, 0.4) is 0 Å². The number of carboxylic acids is 1. The van der Waals surface area contributed by atoms with E-state index < -0.39 is 19.6 Å². The van der Waals surface area contributed by atoms with Gasteiger partial charge in [0.1, 0.15) is 5.54 Å². The third-order valence-corrected chi connectivity index (χ3v) is 5.66. The highest BCUT2D eigenvalue weighted by Gasteiger charge is 2.46. The molecule has 0 aromatic rings. The molecule has 11 heavy (non-hydrogen) atoms. The second-order valence-corrected chi connectivity index (χ2v) is 9.48. The number of carbonyl (C=O) groups is 1. The van der Waals surface area contributed by atoms with Gasteiger partial charge in [-0.3, -0.25) is 4.79 Å². The summed E-state index contributed by atoms with van der Waals surface area (Å²) in [6, 6.07) is 1.78. The summed E-state index contributed by atoms with van der Waals surface area (Å²) in [6.45, 7) is 4.40. The second-order valence-electron chi connectivity index (χ2n) is 4.30. The molecule has 64 valence electrons. The molecule has 0 saturated carbocycles. The van der Waals surface area contributed by atoms with Crippen LogP contribution in [0.5, 0.6) is 0 Å². The Morgan fingerprint density at radius 2 is 2.18 bits per heavy atom. The lowest BCUT2D eigenvalue weighted by Crippen LogP contribution is -2.46. The molecule has 1 rings (SSSR count). The van der Waals surface area contributed by atoms with E-state index >= 15 is 0 Å². The highest BCUT2D eigenvalue weighted by Crippen LogP contribution is 2.36. The SMILES string of the molecule is C[Si]1(C)CCC(N)(C(=O)O)C1. The third kappa shape index (κ3) is 1.62. The molecule has 0 aromatic heterocycles. The summed E-state index contributed by atoms with van der Waals surface area (Å²) in [5.41, 5.74) is 4.82. The summed E-state index contributed by atoms with van der Waals surface area (Å²) in [7, 11) is -1.24. The van der Waals surface area contributed by atoms with E-state index in [2.05, 4.69) is 13.1 Å². The molecule has 1 fully saturated rings. The van der Waals surface area contributed by atoms with Crippen LogP contribution in [-0.2, 0) is 4.79 Å². The van der Waals surface area contributed by atoms with Gasteiger partial charge in [0, 0.05) is 8.07 Å². The maximum absolute atomic E-state index is 10.7. The fraction of sp³-hybridized carbons (Fsp3) is 0.857. The molecule has 0 spiro atoms. The minimum Gasteiger partial charge on any atom is -0.480 e. The van der Waals surface area contributed by atoms with E-state index in [4.69, 9.17) is 10.8 Å². The molecule has 1 aliphatic heterocycles. The van der Waals surface area contributed by atoms with Crippen LogP contribution in [0.15, 0.2) is 0 Å². The summed E-state index contributed by atoms with van der Waals surface area (Å²) in [4.78, 5) is 10.7. The first kappa shape index (κ1) is 8.74. The predicted molar refractivity (Wildman–Crippen MR) is 46.3 cm³/mol. The fourth-order valence-corrected chi connectivity index (χ4v) is 5.11. The van der Waals surface area contributed by atoms with Gasteiger partial charge >= 0.3 is 5.97 Å². The molecule has 1 atom stereocenters. The van der Waals surface area contributed by atoms with Crippen LogP contribution >= 0.6 is 0 Å². The smallest absolute Gasteiger partial charge is 0.323 e. The van der Waals surface area contributed by atoms with E-state index in [0.29, 0.717) is 6.42 Å². The zero-order valence-corrected chi connectivity index (χ0v) is 8.05. The van der Waals surface area contributed by atoms with Crippen LogP contribution in [0.1, 0.15) is 6.42 Å². The van der Waals surface area contributed by atoms with Crippen molar-refractivity contribution in [3.05, 3.63) is 0 Å². The van der Waals surface area contributed by atoms with Gasteiger partial charge in [0.05, 0.1) is 0 Å². The Morgan fingerprint density at radius 3 is 2.36 bits per heavy atom. The summed E-state index contributed by atoms with van der Waals surface area (Å²) < 4.78 is 0. The Bertz CT molecular complexity index is 193. The summed E-state index contributed by atoms with van der Waals surface area (Å²) >= 11 is 0. The van der Waals surface area contributed by atoms with Gasteiger partial charge in [0.25, 0.3) is 0 Å². The van der Waals surface area contributed by atoms with Crippen LogP contribution < -0.4 is 5.73 Å². The van der Waals surface area contributed by atoms with Crippen LogP contribution in [0.4, 0.5) is 0 Å². The van der Waals surface area contributed by atoms with E-state index in [0.717, 1.165) is 12.1 Å². The van der Waals surface area contributed by atoms with Crippen molar-refractivity contribution < 1.29 is 9.90 Å². The van der Waals surface area contributed by atoms with Crippen molar-refractivity contribution in [2.75, 3.05) is 0 Å². The highest BCUT2D eigenvalue weighted by atomic mass is 28.3. The Hall–Kier alpha value is -0.353. The van der Waals surface area contributed by atoms with Gasteiger partial charge in [-0.1, -0.05) is 19.1 Å². The maximum atomic E-state index is 10.7. The predicted octanol–water partition coefficient (Wildman–Crippen LogP) is 0.881. The quantitative estimate of drug-likeness (QED) is 0.579. The van der Waals surface area contributed by atoms with E-state index in [9.17, 15) is 4.79 Å². The Balaban J connectivity index is 2.73. The average molecular weight is 173 g/mol. The molecule has 1 heterocycles. The number of hydrogen-bond acceptors (Lipinski definition) is 2. The van der Waals surface area contributed by atoms with Crippen molar-refractivity contribution in [1.82, 2.24) is 0 Å². The monoisotopic (exact) mass is 173 g/mol. The van der Waals surface area contributed by atoms with E-state index in [1.54, 1.807) is 0 Å². The van der Waals surface area contributed by atoms with Crippen molar-refractivity contribution >= 4 is 14.0 Å². The Kier molecular flexibility index (Phi) is 1.84. The van der Waals surface area contributed by atoms with Gasteiger partial charge < -0.3 is 10.8 Å². The molecule has 4 heteroatoms. The largest absolute Gasteiger partial charge is 0.480 e. The molecule has 1 aliphatic rings. The van der Waals surface area contributed by atoms with Gasteiger partial charge in [0.2, 0.25) is 0 Å². The zero-order valence-electron chi connectivity index (χ0n) is 7.05. The summed E-state index contributed by atoms with van der Waals surface area (Å²) in [6.07, 6.45) is 0.668. The van der Waals surface area contributed by atoms with Crippen LogP contribution in [0.25, 0.3) is 0 Å². The van der Waals surface area contributed by atoms with E-state index in [1.807, 2.05) is 0 Å². The van der Waals surface area contributed by atoms with Crippen molar-refractivity contribution in [2.45, 2.75) is 37.1 Å². The molecule has 3 nitrogen and oxygen atoms in total. The molecular formula is C7H15NO2Si. The first-order valence-electron chi connectivity index (χ1n) is 3.88. The molecule has 1 unspecified atom stereocenters. The molecule has 0 radical (unpaired) electrons. The lowest BCUT2D eigenvalue weighted by Gasteiger charge is -2.20. The normalized spacial score (nSPS) is 35.5. The second kappa shape index (κ2) is 2.32. The molecular weight excluding hydrogens is 158 g/mol. The summed E-state index contributed by atoms with van der Waals surface area (Å²) in [5.74, 6) is -0.824. The summed E-state index contributed by atoms with van der Waals surface area (Å²) in [5, 5.41) is 8.80. The van der Waals surface area contributed by atoms with Gasteiger partial charge in [-0.05, 0) is 12.5 Å². The minimum absolute atomic E-state index is 0.668. The lowest BCUT2D eigenvalue weighted by atomic mass is 10.0. The first-order valence-corrected chi connectivity index (χ1v) is 7.29. The Labute approximate surface area is 67.6 Å². The van der Waals surface area contributed by atoms with Gasteiger partial charge in [-0.2, -0.15) is 0 Å². The number of hydrogen-bond donors (Lipinski definition) is 2. The van der Waals surface area contributed by atoms with Crippen molar-refractivity contribution in [2.24, 2.45) is 5.73 Å². The maximum Gasteiger partial charge on any atom is 0.323 e. The molecule has 0 bridgehead atoms. The fourth-order valence-electron chi connectivity index (χ4n) is 1.77. The molecule has 3 N–H and O–H groups in total. The third-order valence-electron chi connectivity index (χ3n) is 2.47. The Morgan fingerprint density at radius 1 is 1.64 bits per heavy atom. The molecule has 0 aromatic carbocycles. The number of nitrogens with two attached hydrogens (primary N) is 1. The molecule has 0 aliphatic carbocycles. The minimum atomic E-state index is -1.24. The highest BCUT2D eigenvalue weighted by molar-refractivity contribution is 6.78. The van der Waals surface area contributed by atoms with E-state index in [-0.39, 0.29) is 0 Å². The molecule has 1 saturated heterocycles. The molecule has 0 amide bonds. The first-order chi connectivity index (χ1) is 4.86. The number of carboxylic acid groups (broad SMARTS) is 1. The lowest BCUT2D eigenvalue weighted by molar-refractivity contribution is -0.142. The van der Waals surface area contributed by atoms with Crippen molar-refractivity contribution in [1.29, 1.82) is 0 Å².